The van der Waals surface area contributed by atoms with Crippen molar-refractivity contribution in [3.63, 3.8) is 0 Å². The van der Waals surface area contributed by atoms with Gasteiger partial charge in [0, 0.05) is 13.1 Å². The van der Waals surface area contributed by atoms with Crippen LogP contribution in [0.5, 0.6) is 5.75 Å². The average Bonchev–Trinajstić information content (AvgIpc) is 2.84. The van der Waals surface area contributed by atoms with E-state index in [0.29, 0.717) is 25.9 Å². The molecule has 2 fully saturated rings. The first-order valence-electron chi connectivity index (χ1n) is 9.89. The Bertz CT molecular complexity index is 585. The average molecular weight is 361 g/mol. The third-order valence-corrected chi connectivity index (χ3v) is 5.79. The van der Waals surface area contributed by atoms with E-state index in [1.54, 1.807) is 0 Å². The van der Waals surface area contributed by atoms with Gasteiger partial charge in [-0.1, -0.05) is 37.5 Å². The molecule has 1 aliphatic carbocycles. The number of aliphatic hydroxyl groups is 2. The van der Waals surface area contributed by atoms with Gasteiger partial charge in [-0.05, 0) is 44.2 Å². The maximum atomic E-state index is 12.7. The molecule has 5 heteroatoms. The van der Waals surface area contributed by atoms with E-state index in [0.717, 1.165) is 44.3 Å². The Morgan fingerprint density at radius 1 is 0.923 bits per heavy atom. The first-order chi connectivity index (χ1) is 12.5. The molecule has 0 radical (unpaired) electrons. The third kappa shape index (κ3) is 5.21. The number of ether oxygens (including phenoxy) is 1. The van der Waals surface area contributed by atoms with Crippen molar-refractivity contribution in [3.05, 3.63) is 30.3 Å². The highest BCUT2D eigenvalue weighted by molar-refractivity contribution is 5.77. The van der Waals surface area contributed by atoms with Crippen LogP contribution < -0.4 is 4.74 Å². The Morgan fingerprint density at radius 2 is 1.62 bits per heavy atom. The summed E-state index contributed by atoms with van der Waals surface area (Å²) < 4.78 is 5.74. The van der Waals surface area contributed by atoms with Crippen molar-refractivity contribution in [2.75, 3.05) is 19.7 Å². The number of nitrogens with zero attached hydrogens (tertiary/aromatic N) is 1. The lowest BCUT2D eigenvalue weighted by Gasteiger charge is -2.33. The summed E-state index contributed by atoms with van der Waals surface area (Å²) in [6, 6.07) is 9.49. The molecule has 1 saturated carbocycles. The molecule has 1 aromatic carbocycles. The molecule has 1 heterocycles. The summed E-state index contributed by atoms with van der Waals surface area (Å²) in [5.74, 6) is 0.764. The van der Waals surface area contributed by atoms with Gasteiger partial charge < -0.3 is 19.8 Å². The number of likely N-dealkylation sites (tertiary alicyclic amines) is 1. The SMILES string of the molecule is O=C(CC1(O)CCCCC1)N1CCCC(O)(COc2ccccc2)CC1. The van der Waals surface area contributed by atoms with Gasteiger partial charge >= 0.3 is 0 Å². The van der Waals surface area contributed by atoms with Crippen molar-refractivity contribution < 1.29 is 19.7 Å². The monoisotopic (exact) mass is 361 g/mol. The maximum absolute atomic E-state index is 12.7. The van der Waals surface area contributed by atoms with E-state index < -0.39 is 11.2 Å². The molecule has 3 rings (SSSR count). The summed E-state index contributed by atoms with van der Waals surface area (Å²) in [5.41, 5.74) is -1.74. The lowest BCUT2D eigenvalue weighted by atomic mass is 9.82. The molecule has 0 bridgehead atoms. The van der Waals surface area contributed by atoms with Crippen LogP contribution in [0.25, 0.3) is 0 Å². The Balaban J connectivity index is 1.51. The van der Waals surface area contributed by atoms with Gasteiger partial charge in [0.05, 0.1) is 12.0 Å². The van der Waals surface area contributed by atoms with E-state index in [2.05, 4.69) is 0 Å². The summed E-state index contributed by atoms with van der Waals surface area (Å²) in [4.78, 5) is 14.5. The molecular weight excluding hydrogens is 330 g/mol. The van der Waals surface area contributed by atoms with Crippen LogP contribution in [0.2, 0.25) is 0 Å². The van der Waals surface area contributed by atoms with E-state index >= 15 is 0 Å². The molecule has 1 saturated heterocycles. The molecular formula is C21H31NO4. The van der Waals surface area contributed by atoms with Gasteiger partial charge in [0.25, 0.3) is 0 Å². The number of carbonyl (C=O) groups is 1. The highest BCUT2D eigenvalue weighted by Gasteiger charge is 2.36. The molecule has 0 aromatic heterocycles. The van der Waals surface area contributed by atoms with Gasteiger partial charge in [0.15, 0.2) is 0 Å². The van der Waals surface area contributed by atoms with Crippen LogP contribution in [0.4, 0.5) is 0 Å². The number of carbonyl (C=O) groups excluding carboxylic acids is 1. The third-order valence-electron chi connectivity index (χ3n) is 5.79. The van der Waals surface area contributed by atoms with Gasteiger partial charge in [-0.3, -0.25) is 4.79 Å². The van der Waals surface area contributed by atoms with Crippen molar-refractivity contribution in [3.8, 4) is 5.75 Å². The number of hydrogen-bond donors (Lipinski definition) is 2. The molecule has 0 spiro atoms. The second-order valence-corrected chi connectivity index (χ2v) is 8.02. The highest BCUT2D eigenvalue weighted by Crippen LogP contribution is 2.32. The number of amides is 1. The number of hydrogen-bond acceptors (Lipinski definition) is 4. The number of para-hydroxylation sites is 1. The summed E-state index contributed by atoms with van der Waals surface area (Å²) in [6.45, 7) is 1.40. The van der Waals surface area contributed by atoms with Crippen LogP contribution in [0.3, 0.4) is 0 Å². The molecule has 1 atom stereocenters. The van der Waals surface area contributed by atoms with Crippen molar-refractivity contribution in [2.45, 2.75) is 69.0 Å². The van der Waals surface area contributed by atoms with Gasteiger partial charge in [-0.2, -0.15) is 0 Å². The maximum Gasteiger partial charge on any atom is 0.225 e. The molecule has 2 N–H and O–H groups in total. The normalized spacial score (nSPS) is 26.2. The van der Waals surface area contributed by atoms with Crippen LogP contribution in [0.15, 0.2) is 30.3 Å². The largest absolute Gasteiger partial charge is 0.491 e. The number of benzene rings is 1. The molecule has 1 amide bonds. The van der Waals surface area contributed by atoms with Crippen LogP contribution in [0, 0.1) is 0 Å². The zero-order valence-corrected chi connectivity index (χ0v) is 15.5. The quantitative estimate of drug-likeness (QED) is 0.846. The molecule has 1 unspecified atom stereocenters. The Morgan fingerprint density at radius 3 is 2.35 bits per heavy atom. The van der Waals surface area contributed by atoms with E-state index in [9.17, 15) is 15.0 Å². The fourth-order valence-corrected chi connectivity index (χ4v) is 4.09. The first kappa shape index (κ1) is 19.2. The Labute approximate surface area is 156 Å². The second-order valence-electron chi connectivity index (χ2n) is 8.02. The summed E-state index contributed by atoms with van der Waals surface area (Å²) in [7, 11) is 0. The first-order valence-corrected chi connectivity index (χ1v) is 9.89. The Hall–Kier alpha value is -1.59. The molecule has 5 nitrogen and oxygen atoms in total. The van der Waals surface area contributed by atoms with Gasteiger partial charge in [-0.15, -0.1) is 0 Å². The fourth-order valence-electron chi connectivity index (χ4n) is 4.09. The predicted octanol–water partition coefficient (Wildman–Crippen LogP) is 2.89. The fraction of sp³-hybridized carbons (Fsp3) is 0.667. The van der Waals surface area contributed by atoms with E-state index in [4.69, 9.17) is 4.74 Å². The summed E-state index contributed by atoms with van der Waals surface area (Å²) >= 11 is 0. The van der Waals surface area contributed by atoms with Crippen molar-refractivity contribution in [2.24, 2.45) is 0 Å². The van der Waals surface area contributed by atoms with Crippen molar-refractivity contribution in [1.29, 1.82) is 0 Å². The lowest BCUT2D eigenvalue weighted by Crippen LogP contribution is -2.42. The molecule has 1 aromatic rings. The summed E-state index contributed by atoms with van der Waals surface area (Å²) in [5, 5.41) is 21.5. The van der Waals surface area contributed by atoms with Crippen molar-refractivity contribution >= 4 is 5.91 Å². The van der Waals surface area contributed by atoms with Gasteiger partial charge in [-0.25, -0.2) is 0 Å². The molecule has 2 aliphatic rings. The van der Waals surface area contributed by atoms with E-state index in [1.807, 2.05) is 35.2 Å². The standard InChI is InChI=1S/C21H31NO4/c23-19(16-20(24)10-5-2-6-11-20)22-14-7-12-21(25,13-15-22)17-26-18-8-3-1-4-9-18/h1,3-4,8-9,24-25H,2,5-7,10-17H2. The minimum Gasteiger partial charge on any atom is -0.491 e. The second kappa shape index (κ2) is 8.40. The van der Waals surface area contributed by atoms with Gasteiger partial charge in [0.1, 0.15) is 18.0 Å². The zero-order valence-electron chi connectivity index (χ0n) is 15.5. The molecule has 144 valence electrons. The lowest BCUT2D eigenvalue weighted by molar-refractivity contribution is -0.138. The predicted molar refractivity (Wildman–Crippen MR) is 100.0 cm³/mol. The molecule has 1 aliphatic heterocycles. The molecule has 26 heavy (non-hydrogen) atoms. The van der Waals surface area contributed by atoms with Crippen LogP contribution in [-0.4, -0.2) is 51.9 Å². The summed E-state index contributed by atoms with van der Waals surface area (Å²) in [6.07, 6.45) is 6.68. The number of rotatable bonds is 5. The van der Waals surface area contributed by atoms with Crippen LogP contribution in [0.1, 0.15) is 57.8 Å². The van der Waals surface area contributed by atoms with Gasteiger partial charge in [0.2, 0.25) is 5.91 Å². The minimum absolute atomic E-state index is 0.0163. The van der Waals surface area contributed by atoms with Crippen LogP contribution in [-0.2, 0) is 4.79 Å². The van der Waals surface area contributed by atoms with Crippen molar-refractivity contribution in [1.82, 2.24) is 4.90 Å². The highest BCUT2D eigenvalue weighted by atomic mass is 16.5. The topological polar surface area (TPSA) is 70.0 Å². The zero-order chi connectivity index (χ0) is 18.5. The van der Waals surface area contributed by atoms with E-state index in [1.165, 1.54) is 0 Å². The van der Waals surface area contributed by atoms with E-state index in [-0.39, 0.29) is 18.9 Å². The minimum atomic E-state index is -0.910. The Kier molecular flexibility index (Phi) is 6.20. The smallest absolute Gasteiger partial charge is 0.225 e. The van der Waals surface area contributed by atoms with Crippen LogP contribution >= 0.6 is 0 Å².